The summed E-state index contributed by atoms with van der Waals surface area (Å²) >= 11 is 5.73. The van der Waals surface area contributed by atoms with Gasteiger partial charge in [0.25, 0.3) is 0 Å². The van der Waals surface area contributed by atoms with Gasteiger partial charge in [-0.2, -0.15) is 0 Å². The average molecular weight is 337 g/mol. The second-order valence-corrected chi connectivity index (χ2v) is 4.57. The first-order chi connectivity index (χ1) is 5.68. The van der Waals surface area contributed by atoms with Crippen LogP contribution in [-0.2, 0) is 0 Å². The summed E-state index contributed by atoms with van der Waals surface area (Å²) in [5, 5.41) is 1.17. The molecule has 2 rings (SSSR count). The minimum Gasteiger partial charge on any atom is -0.460 e. The summed E-state index contributed by atoms with van der Waals surface area (Å²) in [7, 11) is 0. The summed E-state index contributed by atoms with van der Waals surface area (Å²) in [5.41, 5.74) is 0.975. The standard InChI is InChI=1S/C9H6BrIO/c1-5-4-6-2-3-7(10)8(11)9(6)12-5/h2-4H,1H3. The Morgan fingerprint density at radius 2 is 2.17 bits per heavy atom. The summed E-state index contributed by atoms with van der Waals surface area (Å²) in [6.45, 7) is 1.96. The molecule has 0 saturated heterocycles. The van der Waals surface area contributed by atoms with E-state index in [1.54, 1.807) is 0 Å². The number of benzene rings is 1. The minimum absolute atomic E-state index is 0.959. The third kappa shape index (κ3) is 1.29. The largest absolute Gasteiger partial charge is 0.460 e. The molecule has 0 amide bonds. The van der Waals surface area contributed by atoms with Gasteiger partial charge in [0.15, 0.2) is 0 Å². The monoisotopic (exact) mass is 336 g/mol. The highest BCUT2D eigenvalue weighted by Crippen LogP contribution is 2.29. The molecule has 0 aliphatic heterocycles. The SMILES string of the molecule is Cc1cc2ccc(Br)c(I)c2o1. The molecule has 1 nitrogen and oxygen atoms in total. The van der Waals surface area contributed by atoms with Crippen LogP contribution in [0.25, 0.3) is 11.0 Å². The third-order valence-corrected chi connectivity index (χ3v) is 4.18. The van der Waals surface area contributed by atoms with Crippen molar-refractivity contribution in [2.75, 3.05) is 0 Å². The minimum atomic E-state index is 0.959. The van der Waals surface area contributed by atoms with E-state index in [4.69, 9.17) is 4.42 Å². The molecule has 0 atom stereocenters. The predicted octanol–water partition coefficient (Wildman–Crippen LogP) is 4.11. The molecule has 0 spiro atoms. The maximum absolute atomic E-state index is 5.54. The smallest absolute Gasteiger partial charge is 0.148 e. The van der Waals surface area contributed by atoms with Gasteiger partial charge in [-0.3, -0.25) is 0 Å². The number of halogens is 2. The Morgan fingerprint density at radius 3 is 2.92 bits per heavy atom. The summed E-state index contributed by atoms with van der Waals surface area (Å²) < 4.78 is 7.77. The van der Waals surface area contributed by atoms with Crippen molar-refractivity contribution in [3.8, 4) is 0 Å². The Morgan fingerprint density at radius 1 is 1.42 bits per heavy atom. The molecule has 2 aromatic rings. The molecule has 0 unspecified atom stereocenters. The van der Waals surface area contributed by atoms with Gasteiger partial charge >= 0.3 is 0 Å². The van der Waals surface area contributed by atoms with Crippen LogP contribution in [0.3, 0.4) is 0 Å². The van der Waals surface area contributed by atoms with Crippen LogP contribution in [0.1, 0.15) is 5.76 Å². The highest BCUT2D eigenvalue weighted by atomic mass is 127. The van der Waals surface area contributed by atoms with E-state index in [1.807, 2.05) is 19.1 Å². The fraction of sp³-hybridized carbons (Fsp3) is 0.111. The van der Waals surface area contributed by atoms with Crippen LogP contribution in [0, 0.1) is 10.5 Å². The van der Waals surface area contributed by atoms with E-state index >= 15 is 0 Å². The molecule has 0 aliphatic rings. The first-order valence-electron chi connectivity index (χ1n) is 3.52. The Labute approximate surface area is 92.4 Å². The van der Waals surface area contributed by atoms with Crippen molar-refractivity contribution in [3.05, 3.63) is 32.0 Å². The highest BCUT2D eigenvalue weighted by molar-refractivity contribution is 14.1. The van der Waals surface area contributed by atoms with Crippen LogP contribution in [0.15, 0.2) is 27.1 Å². The van der Waals surface area contributed by atoms with Crippen LogP contribution in [0.5, 0.6) is 0 Å². The van der Waals surface area contributed by atoms with Crippen molar-refractivity contribution in [1.29, 1.82) is 0 Å². The van der Waals surface area contributed by atoms with E-state index in [0.29, 0.717) is 0 Å². The van der Waals surface area contributed by atoms with E-state index in [1.165, 1.54) is 5.39 Å². The van der Waals surface area contributed by atoms with E-state index in [9.17, 15) is 0 Å². The van der Waals surface area contributed by atoms with Crippen LogP contribution < -0.4 is 0 Å². The van der Waals surface area contributed by atoms with Gasteiger partial charge in [-0.05, 0) is 63.6 Å². The first kappa shape index (κ1) is 8.56. The fourth-order valence-electron chi connectivity index (χ4n) is 1.17. The molecule has 0 aliphatic carbocycles. The van der Waals surface area contributed by atoms with E-state index in [0.717, 1.165) is 19.4 Å². The lowest BCUT2D eigenvalue weighted by molar-refractivity contribution is 0.576. The lowest BCUT2D eigenvalue weighted by Gasteiger charge is -1.94. The summed E-state index contributed by atoms with van der Waals surface area (Å²) in [5.74, 6) is 0.959. The topological polar surface area (TPSA) is 13.1 Å². The summed E-state index contributed by atoms with van der Waals surface area (Å²) in [4.78, 5) is 0. The van der Waals surface area contributed by atoms with E-state index in [-0.39, 0.29) is 0 Å². The predicted molar refractivity (Wildman–Crippen MR) is 61.4 cm³/mol. The number of hydrogen-bond donors (Lipinski definition) is 0. The second kappa shape index (κ2) is 3.03. The number of hydrogen-bond acceptors (Lipinski definition) is 1. The Hall–Kier alpha value is -0.0300. The van der Waals surface area contributed by atoms with Gasteiger partial charge in [-0.15, -0.1) is 0 Å². The normalized spacial score (nSPS) is 10.9. The second-order valence-electron chi connectivity index (χ2n) is 2.64. The molecule has 0 saturated carbocycles. The first-order valence-corrected chi connectivity index (χ1v) is 5.40. The van der Waals surface area contributed by atoms with Gasteiger partial charge in [0, 0.05) is 9.86 Å². The van der Waals surface area contributed by atoms with Crippen molar-refractivity contribution < 1.29 is 4.42 Å². The van der Waals surface area contributed by atoms with Crippen LogP contribution in [-0.4, -0.2) is 0 Å². The number of furan rings is 1. The molecule has 1 aromatic carbocycles. The van der Waals surface area contributed by atoms with Crippen molar-refractivity contribution in [3.63, 3.8) is 0 Å². The number of rotatable bonds is 0. The van der Waals surface area contributed by atoms with E-state index < -0.39 is 0 Å². The summed E-state index contributed by atoms with van der Waals surface area (Å²) in [6.07, 6.45) is 0. The third-order valence-electron chi connectivity index (χ3n) is 1.70. The maximum atomic E-state index is 5.54. The zero-order chi connectivity index (χ0) is 8.72. The molecule has 12 heavy (non-hydrogen) atoms. The van der Waals surface area contributed by atoms with Crippen LogP contribution in [0.4, 0.5) is 0 Å². The van der Waals surface area contributed by atoms with Gasteiger partial charge in [-0.25, -0.2) is 0 Å². The van der Waals surface area contributed by atoms with Crippen molar-refractivity contribution >= 4 is 49.5 Å². The molecular formula is C9H6BrIO. The molecule has 0 N–H and O–H groups in total. The molecule has 1 aromatic heterocycles. The molecule has 0 bridgehead atoms. The lowest BCUT2D eigenvalue weighted by atomic mass is 10.2. The molecule has 0 radical (unpaired) electrons. The van der Waals surface area contributed by atoms with Gasteiger partial charge < -0.3 is 4.42 Å². The van der Waals surface area contributed by atoms with Gasteiger partial charge in [0.05, 0.1) is 3.57 Å². The van der Waals surface area contributed by atoms with Crippen LogP contribution in [0.2, 0.25) is 0 Å². The molecule has 0 fully saturated rings. The number of aryl methyl sites for hydroxylation is 1. The zero-order valence-electron chi connectivity index (χ0n) is 6.40. The van der Waals surface area contributed by atoms with Crippen molar-refractivity contribution in [2.45, 2.75) is 6.92 Å². The van der Waals surface area contributed by atoms with Crippen molar-refractivity contribution in [2.24, 2.45) is 0 Å². The summed E-state index contributed by atoms with van der Waals surface area (Å²) in [6, 6.07) is 6.14. The van der Waals surface area contributed by atoms with Gasteiger partial charge in [0.2, 0.25) is 0 Å². The van der Waals surface area contributed by atoms with Crippen molar-refractivity contribution in [1.82, 2.24) is 0 Å². The van der Waals surface area contributed by atoms with Gasteiger partial charge in [0.1, 0.15) is 11.3 Å². The molecular weight excluding hydrogens is 331 g/mol. The Balaban J connectivity index is 2.89. The quantitative estimate of drug-likeness (QED) is 0.660. The van der Waals surface area contributed by atoms with E-state index in [2.05, 4.69) is 44.6 Å². The molecule has 62 valence electrons. The fourth-order valence-corrected chi connectivity index (χ4v) is 2.09. The van der Waals surface area contributed by atoms with Crippen LogP contribution >= 0.6 is 38.5 Å². The highest BCUT2D eigenvalue weighted by Gasteiger charge is 2.06. The Kier molecular flexibility index (Phi) is 2.16. The zero-order valence-corrected chi connectivity index (χ0v) is 10.1. The molecule has 1 heterocycles. The van der Waals surface area contributed by atoms with Gasteiger partial charge in [-0.1, -0.05) is 0 Å². The lowest BCUT2D eigenvalue weighted by Crippen LogP contribution is -1.73. The average Bonchev–Trinajstić information content (AvgIpc) is 2.39. The number of fused-ring (bicyclic) bond motifs is 1. The Bertz CT molecular complexity index is 433. The molecule has 3 heteroatoms. The maximum Gasteiger partial charge on any atom is 0.148 e.